The second-order valence-electron chi connectivity index (χ2n) is 17.2. The first-order chi connectivity index (χ1) is 22.9. The van der Waals surface area contributed by atoms with E-state index < -0.39 is 73.7 Å². The quantitative estimate of drug-likeness (QED) is 0.226. The van der Waals surface area contributed by atoms with E-state index in [0.29, 0.717) is 45.1 Å². The summed E-state index contributed by atoms with van der Waals surface area (Å²) in [6.45, 7) is 12.0. The zero-order valence-electron chi connectivity index (χ0n) is 30.4. The third kappa shape index (κ3) is 7.96. The molecule has 2 saturated heterocycles. The number of piperidine rings is 1. The lowest BCUT2D eigenvalue weighted by molar-refractivity contribution is -0.145. The molecule has 12 nitrogen and oxygen atoms in total. The number of nitrogens with one attached hydrogen (secondary N) is 4. The molecule has 5 rings (SSSR count). The Morgan fingerprint density at radius 1 is 0.918 bits per heavy atom. The molecule has 0 spiro atoms. The number of rotatable bonds is 12. The standard InChI is InChI=1S/C36H59N5O7S/c1-7-8-14-24(28(42)31(44)37-22-16-17-22)38-30(43)27-26-23(35(26,5)6)21-41(27)32(45)29(34(2,3)4)39-33(46)40-36(18-11-9-12-19-36)25-15-10-13-20-49(25,47)48/h22-27,29H,7-21H2,1-6H3,(H,37,44)(H,38,43)(H2,39,40,46)/t23-,24?,25+,26-,27-,29+/m0/s1. The van der Waals surface area contributed by atoms with Crippen LogP contribution in [0, 0.1) is 22.7 Å². The Kier molecular flexibility index (Phi) is 10.8. The highest BCUT2D eigenvalue weighted by Gasteiger charge is 2.70. The van der Waals surface area contributed by atoms with Crippen LogP contribution in [0.3, 0.4) is 0 Å². The number of carbonyl (C=O) groups is 5. The fourth-order valence-corrected chi connectivity index (χ4v) is 11.3. The Morgan fingerprint density at radius 2 is 1.59 bits per heavy atom. The van der Waals surface area contributed by atoms with Crippen molar-refractivity contribution in [2.45, 2.75) is 160 Å². The molecule has 0 aromatic heterocycles. The molecule has 49 heavy (non-hydrogen) atoms. The summed E-state index contributed by atoms with van der Waals surface area (Å²) < 4.78 is 26.5. The number of urea groups is 1. The lowest BCUT2D eigenvalue weighted by Crippen LogP contribution is -2.66. The number of carbonyl (C=O) groups excluding carboxylic acids is 5. The van der Waals surface area contributed by atoms with E-state index in [9.17, 15) is 32.4 Å². The number of ketones is 1. The van der Waals surface area contributed by atoms with Crippen molar-refractivity contribution < 1.29 is 32.4 Å². The predicted octanol–water partition coefficient (Wildman–Crippen LogP) is 3.38. The lowest BCUT2D eigenvalue weighted by atomic mass is 9.77. The van der Waals surface area contributed by atoms with Gasteiger partial charge in [-0.3, -0.25) is 19.2 Å². The van der Waals surface area contributed by atoms with Gasteiger partial charge in [0.2, 0.25) is 17.6 Å². The van der Waals surface area contributed by atoms with Gasteiger partial charge in [-0.15, -0.1) is 0 Å². The molecule has 5 amide bonds. The first-order valence-corrected chi connectivity index (χ1v) is 20.4. The molecule has 276 valence electrons. The van der Waals surface area contributed by atoms with Crippen molar-refractivity contribution >= 4 is 39.4 Å². The summed E-state index contributed by atoms with van der Waals surface area (Å²) >= 11 is 0. The summed E-state index contributed by atoms with van der Waals surface area (Å²) in [4.78, 5) is 69.9. The Bertz CT molecular complexity index is 1410. The molecule has 6 atom stereocenters. The fourth-order valence-electron chi connectivity index (χ4n) is 8.88. The normalized spacial score (nSPS) is 29.5. The molecule has 2 aliphatic heterocycles. The molecule has 0 bridgehead atoms. The molecule has 0 aromatic rings. The van der Waals surface area contributed by atoms with Crippen LogP contribution in [0.15, 0.2) is 0 Å². The molecule has 0 aromatic carbocycles. The van der Waals surface area contributed by atoms with E-state index in [1.807, 2.05) is 27.7 Å². The molecule has 2 heterocycles. The Morgan fingerprint density at radius 3 is 2.18 bits per heavy atom. The van der Waals surface area contributed by atoms with Crippen LogP contribution in [-0.4, -0.2) is 90.1 Å². The van der Waals surface area contributed by atoms with Gasteiger partial charge in [-0.1, -0.05) is 80.1 Å². The third-order valence-electron chi connectivity index (χ3n) is 12.1. The monoisotopic (exact) mass is 705 g/mol. The first kappa shape index (κ1) is 37.6. The number of hydrogen-bond acceptors (Lipinski definition) is 7. The average Bonchev–Trinajstić information content (AvgIpc) is 3.88. The van der Waals surface area contributed by atoms with Crippen LogP contribution in [0.1, 0.15) is 125 Å². The summed E-state index contributed by atoms with van der Waals surface area (Å²) in [5.41, 5.74) is -1.82. The van der Waals surface area contributed by atoms with Crippen molar-refractivity contribution in [2.24, 2.45) is 22.7 Å². The SMILES string of the molecule is CCCCC(NC(=O)[C@@H]1[C@@H]2[C@H](CN1C(=O)[C@@H](NC(=O)NC1([C@H]3CCCCS3(=O)=O)CCCCC1)C(C)(C)C)C2(C)C)C(=O)C(=O)NC1CC1. The number of amides is 5. The number of sulfone groups is 1. The average molecular weight is 706 g/mol. The number of likely N-dealkylation sites (tertiary alicyclic amines) is 1. The third-order valence-corrected chi connectivity index (χ3v) is 14.5. The van der Waals surface area contributed by atoms with Crippen molar-refractivity contribution in [3.8, 4) is 0 Å². The summed E-state index contributed by atoms with van der Waals surface area (Å²) in [6.07, 6.45) is 9.13. The molecule has 13 heteroatoms. The number of hydrogen-bond donors (Lipinski definition) is 4. The second kappa shape index (κ2) is 14.1. The maximum Gasteiger partial charge on any atom is 0.315 e. The van der Waals surface area contributed by atoms with Gasteiger partial charge in [0.25, 0.3) is 5.91 Å². The van der Waals surface area contributed by atoms with Gasteiger partial charge in [0.15, 0.2) is 9.84 Å². The van der Waals surface area contributed by atoms with Crippen LogP contribution in [0.25, 0.3) is 0 Å². The van der Waals surface area contributed by atoms with E-state index in [-0.39, 0.29) is 29.0 Å². The number of nitrogens with zero attached hydrogens (tertiary/aromatic N) is 1. The first-order valence-electron chi connectivity index (χ1n) is 18.7. The van der Waals surface area contributed by atoms with Crippen molar-refractivity contribution in [2.75, 3.05) is 12.3 Å². The van der Waals surface area contributed by atoms with Gasteiger partial charge in [-0.05, 0) is 67.6 Å². The highest BCUT2D eigenvalue weighted by Crippen LogP contribution is 2.65. The van der Waals surface area contributed by atoms with Crippen LogP contribution in [-0.2, 0) is 29.0 Å². The minimum Gasteiger partial charge on any atom is -0.347 e. The fraction of sp³-hybridized carbons (Fsp3) is 0.861. The number of fused-ring (bicyclic) bond motifs is 1. The van der Waals surface area contributed by atoms with Gasteiger partial charge in [0.1, 0.15) is 12.1 Å². The number of Topliss-reactive ketones (excluding diaryl/α,β-unsaturated/α-hetero) is 1. The van der Waals surface area contributed by atoms with Crippen molar-refractivity contribution in [3.63, 3.8) is 0 Å². The molecular weight excluding hydrogens is 646 g/mol. The van der Waals surface area contributed by atoms with Gasteiger partial charge in [-0.2, -0.15) is 0 Å². The van der Waals surface area contributed by atoms with E-state index in [1.165, 1.54) is 0 Å². The van der Waals surface area contributed by atoms with E-state index in [0.717, 1.165) is 44.9 Å². The Labute approximate surface area is 292 Å². The predicted molar refractivity (Wildman–Crippen MR) is 186 cm³/mol. The summed E-state index contributed by atoms with van der Waals surface area (Å²) in [6, 6.07) is -3.42. The molecular formula is C36H59N5O7S. The molecule has 4 N–H and O–H groups in total. The van der Waals surface area contributed by atoms with Gasteiger partial charge in [0.05, 0.1) is 22.6 Å². The highest BCUT2D eigenvalue weighted by molar-refractivity contribution is 7.92. The Balaban J connectivity index is 1.34. The van der Waals surface area contributed by atoms with Crippen molar-refractivity contribution in [3.05, 3.63) is 0 Å². The minimum atomic E-state index is -3.38. The maximum absolute atomic E-state index is 14.5. The number of unbranched alkanes of at least 4 members (excludes halogenated alkanes) is 1. The molecule has 3 aliphatic carbocycles. The van der Waals surface area contributed by atoms with E-state index >= 15 is 0 Å². The van der Waals surface area contributed by atoms with Gasteiger partial charge >= 0.3 is 6.03 Å². The second-order valence-corrected chi connectivity index (χ2v) is 19.5. The van der Waals surface area contributed by atoms with Crippen LogP contribution >= 0.6 is 0 Å². The van der Waals surface area contributed by atoms with Crippen LogP contribution in [0.4, 0.5) is 4.79 Å². The molecule has 5 fully saturated rings. The van der Waals surface area contributed by atoms with Crippen LogP contribution in [0.5, 0.6) is 0 Å². The molecule has 5 aliphatic rings. The smallest absolute Gasteiger partial charge is 0.315 e. The van der Waals surface area contributed by atoms with Gasteiger partial charge < -0.3 is 26.2 Å². The topological polar surface area (TPSA) is 171 Å². The molecule has 3 saturated carbocycles. The zero-order valence-corrected chi connectivity index (χ0v) is 31.2. The maximum atomic E-state index is 14.5. The minimum absolute atomic E-state index is 0.00837. The molecule has 1 unspecified atom stereocenters. The zero-order chi connectivity index (χ0) is 35.9. The van der Waals surface area contributed by atoms with Crippen LogP contribution < -0.4 is 21.3 Å². The largest absolute Gasteiger partial charge is 0.347 e. The van der Waals surface area contributed by atoms with E-state index in [2.05, 4.69) is 35.1 Å². The van der Waals surface area contributed by atoms with E-state index in [1.54, 1.807) is 4.90 Å². The van der Waals surface area contributed by atoms with Gasteiger partial charge in [-0.25, -0.2) is 13.2 Å². The van der Waals surface area contributed by atoms with Crippen LogP contribution in [0.2, 0.25) is 0 Å². The van der Waals surface area contributed by atoms with Crippen molar-refractivity contribution in [1.82, 2.24) is 26.2 Å². The molecule has 0 radical (unpaired) electrons. The Hall–Kier alpha value is -2.70. The summed E-state index contributed by atoms with van der Waals surface area (Å²) in [7, 11) is -3.38. The van der Waals surface area contributed by atoms with E-state index in [4.69, 9.17) is 0 Å². The summed E-state index contributed by atoms with van der Waals surface area (Å²) in [5, 5.41) is 11.0. The lowest BCUT2D eigenvalue weighted by Gasteiger charge is -2.45. The van der Waals surface area contributed by atoms with Gasteiger partial charge in [0, 0.05) is 12.6 Å². The highest BCUT2D eigenvalue weighted by atomic mass is 32.2. The van der Waals surface area contributed by atoms with Crippen molar-refractivity contribution in [1.29, 1.82) is 0 Å². The summed E-state index contributed by atoms with van der Waals surface area (Å²) in [5.74, 6) is -2.13.